The molecular weight excluding hydrogens is 344 g/mol. The minimum absolute atomic E-state index is 0.000200. The van der Waals surface area contributed by atoms with Crippen molar-refractivity contribution in [1.82, 2.24) is 4.31 Å². The van der Waals surface area contributed by atoms with Gasteiger partial charge in [-0.15, -0.1) is 0 Å². The highest BCUT2D eigenvalue weighted by atomic mass is 32.2. The zero-order chi connectivity index (χ0) is 18.0. The first kappa shape index (κ1) is 17.2. The molecule has 0 atom stereocenters. The van der Waals surface area contributed by atoms with Gasteiger partial charge in [0.15, 0.2) is 0 Å². The molecule has 132 valence electrons. The fourth-order valence-corrected chi connectivity index (χ4v) is 4.25. The van der Waals surface area contributed by atoms with Crippen molar-refractivity contribution in [2.75, 3.05) is 18.4 Å². The molecule has 0 aliphatic carbocycles. The molecule has 2 aromatic rings. The van der Waals surface area contributed by atoms with Crippen molar-refractivity contribution in [1.29, 1.82) is 0 Å². The lowest BCUT2D eigenvalue weighted by atomic mass is 10.2. The number of nitrogens with one attached hydrogen (secondary N) is 1. The van der Waals surface area contributed by atoms with Gasteiger partial charge in [0, 0.05) is 13.1 Å². The van der Waals surface area contributed by atoms with Crippen LogP contribution in [0.4, 0.5) is 5.69 Å². The molecule has 8 heteroatoms. The van der Waals surface area contributed by atoms with Crippen LogP contribution in [0.2, 0.25) is 0 Å². The third-order valence-corrected chi connectivity index (χ3v) is 5.96. The van der Waals surface area contributed by atoms with Crippen LogP contribution in [-0.2, 0) is 10.0 Å². The summed E-state index contributed by atoms with van der Waals surface area (Å²) in [5, 5.41) is 22.1. The number of rotatable bonds is 4. The highest BCUT2D eigenvalue weighted by molar-refractivity contribution is 7.89. The number of phenolic OH excluding ortho intramolecular Hbond substituents is 2. The molecule has 0 unspecified atom stereocenters. The van der Waals surface area contributed by atoms with Crippen molar-refractivity contribution in [2.24, 2.45) is 0 Å². The molecule has 3 rings (SSSR count). The SMILES string of the molecule is O=C(Nc1cc(S(=O)(=O)N2CCCC2)ccc1O)c1ccccc1O. The number of para-hydroxylation sites is 1. The van der Waals surface area contributed by atoms with E-state index in [0.29, 0.717) is 13.1 Å². The molecule has 1 heterocycles. The minimum atomic E-state index is -3.67. The number of amides is 1. The average molecular weight is 362 g/mol. The largest absolute Gasteiger partial charge is 0.507 e. The van der Waals surface area contributed by atoms with E-state index in [0.717, 1.165) is 12.8 Å². The summed E-state index contributed by atoms with van der Waals surface area (Å²) in [6.45, 7) is 0.922. The van der Waals surface area contributed by atoms with Crippen LogP contribution in [0, 0.1) is 0 Å². The Balaban J connectivity index is 1.90. The molecule has 0 saturated carbocycles. The highest BCUT2D eigenvalue weighted by Crippen LogP contribution is 2.30. The number of carbonyl (C=O) groups is 1. The molecule has 7 nitrogen and oxygen atoms in total. The maximum Gasteiger partial charge on any atom is 0.259 e. The second-order valence-corrected chi connectivity index (χ2v) is 7.70. The number of aromatic hydroxyl groups is 2. The van der Waals surface area contributed by atoms with Crippen LogP contribution in [0.25, 0.3) is 0 Å². The molecule has 1 aliphatic rings. The summed E-state index contributed by atoms with van der Waals surface area (Å²) in [6, 6.07) is 9.70. The summed E-state index contributed by atoms with van der Waals surface area (Å²) in [7, 11) is -3.67. The van der Waals surface area contributed by atoms with Gasteiger partial charge in [-0.1, -0.05) is 12.1 Å². The number of hydrogen-bond acceptors (Lipinski definition) is 5. The normalized spacial score (nSPS) is 15.2. The van der Waals surface area contributed by atoms with E-state index in [1.165, 1.54) is 34.6 Å². The fraction of sp³-hybridized carbons (Fsp3) is 0.235. The number of phenols is 2. The maximum atomic E-state index is 12.6. The molecule has 25 heavy (non-hydrogen) atoms. The van der Waals surface area contributed by atoms with Gasteiger partial charge in [-0.25, -0.2) is 8.42 Å². The summed E-state index contributed by atoms with van der Waals surface area (Å²) in [5.41, 5.74) is -0.0109. The van der Waals surface area contributed by atoms with Crippen LogP contribution in [0.5, 0.6) is 11.5 Å². The van der Waals surface area contributed by atoms with Crippen molar-refractivity contribution < 1.29 is 23.4 Å². The van der Waals surface area contributed by atoms with E-state index in [4.69, 9.17) is 0 Å². The first-order valence-corrected chi connectivity index (χ1v) is 9.26. The second kappa shape index (κ2) is 6.73. The molecule has 1 amide bonds. The fourth-order valence-electron chi connectivity index (χ4n) is 2.71. The van der Waals surface area contributed by atoms with Gasteiger partial charge in [0.25, 0.3) is 5.91 Å². The Morgan fingerprint density at radius 2 is 1.68 bits per heavy atom. The molecule has 0 bridgehead atoms. The lowest BCUT2D eigenvalue weighted by Gasteiger charge is -2.17. The van der Waals surface area contributed by atoms with E-state index >= 15 is 0 Å². The molecule has 0 spiro atoms. The van der Waals surface area contributed by atoms with E-state index < -0.39 is 15.9 Å². The lowest BCUT2D eigenvalue weighted by molar-refractivity contribution is 0.102. The Labute approximate surface area is 145 Å². The maximum absolute atomic E-state index is 12.6. The molecule has 1 fully saturated rings. The topological polar surface area (TPSA) is 107 Å². The summed E-state index contributed by atoms with van der Waals surface area (Å²) in [6.07, 6.45) is 1.63. The Morgan fingerprint density at radius 1 is 1.00 bits per heavy atom. The number of anilines is 1. The summed E-state index contributed by atoms with van der Waals surface area (Å²) in [4.78, 5) is 12.3. The van der Waals surface area contributed by atoms with Crippen molar-refractivity contribution in [3.63, 3.8) is 0 Å². The number of nitrogens with zero attached hydrogens (tertiary/aromatic N) is 1. The van der Waals surface area contributed by atoms with E-state index in [1.807, 2.05) is 0 Å². The van der Waals surface area contributed by atoms with Crippen molar-refractivity contribution in [2.45, 2.75) is 17.7 Å². The second-order valence-electron chi connectivity index (χ2n) is 5.76. The van der Waals surface area contributed by atoms with Gasteiger partial charge in [0.2, 0.25) is 10.0 Å². The van der Waals surface area contributed by atoms with Gasteiger partial charge in [-0.3, -0.25) is 4.79 Å². The quantitative estimate of drug-likeness (QED) is 0.723. The van der Waals surface area contributed by atoms with Crippen LogP contribution in [0.1, 0.15) is 23.2 Å². The summed E-state index contributed by atoms with van der Waals surface area (Å²) >= 11 is 0. The third-order valence-electron chi connectivity index (χ3n) is 4.07. The Hall–Kier alpha value is -2.58. The van der Waals surface area contributed by atoms with Crippen molar-refractivity contribution in [3.05, 3.63) is 48.0 Å². The monoisotopic (exact) mass is 362 g/mol. The van der Waals surface area contributed by atoms with Crippen LogP contribution in [0.3, 0.4) is 0 Å². The smallest absolute Gasteiger partial charge is 0.259 e. The van der Waals surface area contributed by atoms with Gasteiger partial charge in [-0.2, -0.15) is 4.31 Å². The zero-order valence-corrected chi connectivity index (χ0v) is 14.2. The van der Waals surface area contributed by atoms with Gasteiger partial charge >= 0.3 is 0 Å². The van der Waals surface area contributed by atoms with E-state index in [1.54, 1.807) is 12.1 Å². The lowest BCUT2D eigenvalue weighted by Crippen LogP contribution is -2.28. The van der Waals surface area contributed by atoms with Gasteiger partial charge < -0.3 is 15.5 Å². The summed E-state index contributed by atoms with van der Waals surface area (Å²) in [5.74, 6) is -1.12. The van der Waals surface area contributed by atoms with E-state index in [-0.39, 0.29) is 27.6 Å². The van der Waals surface area contributed by atoms with Gasteiger partial charge in [0.05, 0.1) is 16.1 Å². The van der Waals surface area contributed by atoms with Crippen LogP contribution in [-0.4, -0.2) is 41.9 Å². The molecule has 1 aliphatic heterocycles. The van der Waals surface area contributed by atoms with Crippen molar-refractivity contribution >= 4 is 21.6 Å². The predicted octanol–water partition coefficient (Wildman–Crippen LogP) is 2.13. The van der Waals surface area contributed by atoms with Crippen molar-refractivity contribution in [3.8, 4) is 11.5 Å². The summed E-state index contributed by atoms with van der Waals surface area (Å²) < 4.78 is 26.6. The average Bonchev–Trinajstić information content (AvgIpc) is 3.12. The first-order chi connectivity index (χ1) is 11.9. The molecule has 2 aromatic carbocycles. The molecule has 3 N–H and O–H groups in total. The van der Waals surface area contributed by atoms with Crippen LogP contribution < -0.4 is 5.32 Å². The van der Waals surface area contributed by atoms with Crippen LogP contribution in [0.15, 0.2) is 47.4 Å². The number of carbonyl (C=O) groups excluding carboxylic acids is 1. The number of hydrogen-bond donors (Lipinski definition) is 3. The van der Waals surface area contributed by atoms with E-state index in [9.17, 15) is 23.4 Å². The first-order valence-electron chi connectivity index (χ1n) is 7.82. The Morgan fingerprint density at radius 3 is 2.36 bits per heavy atom. The predicted molar refractivity (Wildman–Crippen MR) is 92.2 cm³/mol. The molecule has 0 aromatic heterocycles. The van der Waals surface area contributed by atoms with E-state index in [2.05, 4.69) is 5.32 Å². The van der Waals surface area contributed by atoms with Crippen LogP contribution >= 0.6 is 0 Å². The Kier molecular flexibility index (Phi) is 4.65. The highest BCUT2D eigenvalue weighted by Gasteiger charge is 2.28. The molecule has 1 saturated heterocycles. The number of benzene rings is 2. The minimum Gasteiger partial charge on any atom is -0.507 e. The zero-order valence-electron chi connectivity index (χ0n) is 13.3. The molecular formula is C17H18N2O5S. The number of sulfonamides is 1. The Bertz CT molecular complexity index is 905. The van der Waals surface area contributed by atoms with Gasteiger partial charge in [0.1, 0.15) is 11.5 Å². The third kappa shape index (κ3) is 3.45. The molecule has 0 radical (unpaired) electrons. The standard InChI is InChI=1S/C17H18N2O5S/c20-15-6-2-1-5-13(15)17(22)18-14-11-12(7-8-16(14)21)25(23,24)19-9-3-4-10-19/h1-2,5-8,11,20-21H,3-4,9-10H2,(H,18,22). The van der Waals surface area contributed by atoms with Gasteiger partial charge in [-0.05, 0) is 43.2 Å².